The van der Waals surface area contributed by atoms with Crippen molar-refractivity contribution in [2.45, 2.75) is 39.7 Å². The molecule has 0 spiro atoms. The topological polar surface area (TPSA) is 88.1 Å². The molecule has 7 nitrogen and oxygen atoms in total. The summed E-state index contributed by atoms with van der Waals surface area (Å²) in [5, 5.41) is 3.02. The predicted octanol–water partition coefficient (Wildman–Crippen LogP) is 3.90. The molecule has 2 aliphatic rings. The first kappa shape index (κ1) is 24.0. The van der Waals surface area contributed by atoms with E-state index in [0.717, 1.165) is 22.4 Å². The highest BCUT2D eigenvalue weighted by molar-refractivity contribution is 8.00. The Morgan fingerprint density at radius 2 is 1.79 bits per heavy atom. The SMILES string of the molecule is CCC1=C(c2ccc(C)cc2)S(=O)(=O)N=C1N1CCC(C(=O)NCc2ccccc2OC)CC1. The second-order valence-corrected chi connectivity index (χ2v) is 10.2. The first-order chi connectivity index (χ1) is 16.3. The van der Waals surface area contributed by atoms with E-state index in [1.165, 1.54) is 0 Å². The number of likely N-dealkylation sites (tertiary alicyclic amines) is 1. The minimum absolute atomic E-state index is 0.0122. The van der Waals surface area contributed by atoms with Crippen molar-refractivity contribution >= 4 is 26.7 Å². The van der Waals surface area contributed by atoms with E-state index in [0.29, 0.717) is 55.2 Å². The van der Waals surface area contributed by atoms with Gasteiger partial charge < -0.3 is 15.0 Å². The van der Waals surface area contributed by atoms with E-state index in [9.17, 15) is 13.2 Å². The van der Waals surface area contributed by atoms with Crippen LogP contribution in [0, 0.1) is 12.8 Å². The Bertz CT molecular complexity index is 1220. The minimum atomic E-state index is -3.75. The van der Waals surface area contributed by atoms with Crippen molar-refractivity contribution in [2.24, 2.45) is 10.3 Å². The minimum Gasteiger partial charge on any atom is -0.496 e. The maximum atomic E-state index is 13.0. The molecule has 0 atom stereocenters. The van der Waals surface area contributed by atoms with Crippen LogP contribution in [0.2, 0.25) is 0 Å². The van der Waals surface area contributed by atoms with E-state index in [4.69, 9.17) is 4.74 Å². The second kappa shape index (κ2) is 10.0. The summed E-state index contributed by atoms with van der Waals surface area (Å²) in [7, 11) is -2.14. The quantitative estimate of drug-likeness (QED) is 0.676. The van der Waals surface area contributed by atoms with Gasteiger partial charge in [0, 0.05) is 36.7 Å². The summed E-state index contributed by atoms with van der Waals surface area (Å²) >= 11 is 0. The number of ether oxygens (including phenoxy) is 1. The molecule has 2 aromatic carbocycles. The fraction of sp³-hybridized carbons (Fsp3) is 0.385. The maximum Gasteiger partial charge on any atom is 0.285 e. The normalized spacial score (nSPS) is 18.1. The lowest BCUT2D eigenvalue weighted by molar-refractivity contribution is -0.126. The van der Waals surface area contributed by atoms with E-state index in [-0.39, 0.29) is 11.8 Å². The molecule has 2 heterocycles. The van der Waals surface area contributed by atoms with Crippen molar-refractivity contribution in [1.82, 2.24) is 10.2 Å². The Balaban J connectivity index is 1.43. The van der Waals surface area contributed by atoms with Gasteiger partial charge in [0.2, 0.25) is 5.91 Å². The van der Waals surface area contributed by atoms with Crippen LogP contribution in [0.3, 0.4) is 0 Å². The smallest absolute Gasteiger partial charge is 0.285 e. The summed E-state index contributed by atoms with van der Waals surface area (Å²) in [5.74, 6) is 1.18. The third-order valence-electron chi connectivity index (χ3n) is 6.49. The van der Waals surface area contributed by atoms with Gasteiger partial charge in [-0.2, -0.15) is 8.42 Å². The molecule has 2 aromatic rings. The van der Waals surface area contributed by atoms with Crippen LogP contribution in [0.25, 0.3) is 4.91 Å². The number of piperidine rings is 1. The number of amidine groups is 1. The molecule has 0 aliphatic carbocycles. The number of methoxy groups -OCH3 is 1. The number of aryl methyl sites for hydroxylation is 1. The first-order valence-corrected chi connectivity index (χ1v) is 13.1. The summed E-state index contributed by atoms with van der Waals surface area (Å²) in [4.78, 5) is 15.1. The number of amides is 1. The summed E-state index contributed by atoms with van der Waals surface area (Å²) in [6, 6.07) is 15.1. The molecule has 1 fully saturated rings. The summed E-state index contributed by atoms with van der Waals surface area (Å²) < 4.78 is 35.5. The largest absolute Gasteiger partial charge is 0.496 e. The van der Waals surface area contributed by atoms with Crippen molar-refractivity contribution < 1.29 is 17.9 Å². The molecule has 8 heteroatoms. The molecule has 1 saturated heterocycles. The van der Waals surface area contributed by atoms with Crippen LogP contribution in [-0.2, 0) is 21.4 Å². The molecule has 0 aromatic heterocycles. The van der Waals surface area contributed by atoms with Gasteiger partial charge in [-0.25, -0.2) is 0 Å². The van der Waals surface area contributed by atoms with Gasteiger partial charge in [-0.05, 0) is 37.8 Å². The highest BCUT2D eigenvalue weighted by atomic mass is 32.2. The number of carbonyl (C=O) groups excluding carboxylic acids is 1. The Morgan fingerprint density at radius 3 is 2.44 bits per heavy atom. The number of hydrogen-bond acceptors (Lipinski definition) is 5. The summed E-state index contributed by atoms with van der Waals surface area (Å²) in [6.45, 7) is 5.52. The molecular formula is C26H31N3O4S. The van der Waals surface area contributed by atoms with Gasteiger partial charge in [0.1, 0.15) is 16.5 Å². The number of nitrogens with zero attached hydrogens (tertiary/aromatic N) is 2. The van der Waals surface area contributed by atoms with Crippen molar-refractivity contribution in [3.05, 3.63) is 70.8 Å². The molecule has 0 bridgehead atoms. The molecule has 0 saturated carbocycles. The fourth-order valence-corrected chi connectivity index (χ4v) is 6.12. The molecule has 0 unspecified atom stereocenters. The lowest BCUT2D eigenvalue weighted by Gasteiger charge is -2.33. The van der Waals surface area contributed by atoms with Crippen molar-refractivity contribution in [3.63, 3.8) is 0 Å². The van der Waals surface area contributed by atoms with Gasteiger partial charge in [-0.1, -0.05) is 55.0 Å². The molecule has 1 amide bonds. The van der Waals surface area contributed by atoms with Crippen LogP contribution < -0.4 is 10.1 Å². The van der Waals surface area contributed by atoms with Gasteiger partial charge in [-0.3, -0.25) is 4.79 Å². The third-order valence-corrected chi connectivity index (χ3v) is 7.90. The number of hydrogen-bond donors (Lipinski definition) is 1. The van der Waals surface area contributed by atoms with Gasteiger partial charge >= 0.3 is 0 Å². The van der Waals surface area contributed by atoms with Crippen LogP contribution >= 0.6 is 0 Å². The third kappa shape index (κ3) is 4.87. The Kier molecular flexibility index (Phi) is 7.07. The number of benzene rings is 2. The molecule has 1 N–H and O–H groups in total. The zero-order chi connectivity index (χ0) is 24.3. The van der Waals surface area contributed by atoms with Gasteiger partial charge in [0.15, 0.2) is 0 Å². The lowest BCUT2D eigenvalue weighted by Crippen LogP contribution is -2.43. The van der Waals surface area contributed by atoms with E-state index in [1.807, 2.05) is 67.3 Å². The van der Waals surface area contributed by atoms with Crippen LogP contribution in [-0.4, -0.2) is 45.3 Å². The number of sulfonamides is 1. The zero-order valence-electron chi connectivity index (χ0n) is 19.9. The van der Waals surface area contributed by atoms with E-state index in [2.05, 4.69) is 9.71 Å². The predicted molar refractivity (Wildman–Crippen MR) is 134 cm³/mol. The monoisotopic (exact) mass is 481 g/mol. The highest BCUT2D eigenvalue weighted by Gasteiger charge is 2.36. The average Bonchev–Trinajstić information content (AvgIpc) is 3.13. The van der Waals surface area contributed by atoms with Crippen molar-refractivity contribution in [1.29, 1.82) is 0 Å². The fourth-order valence-electron chi connectivity index (χ4n) is 4.60. The summed E-state index contributed by atoms with van der Waals surface area (Å²) in [5.41, 5.74) is 3.43. The Morgan fingerprint density at radius 1 is 1.12 bits per heavy atom. The second-order valence-electron chi connectivity index (χ2n) is 8.71. The van der Waals surface area contributed by atoms with E-state index < -0.39 is 10.0 Å². The molecule has 180 valence electrons. The van der Waals surface area contributed by atoms with Gasteiger partial charge in [0.25, 0.3) is 10.0 Å². The van der Waals surface area contributed by atoms with Crippen LogP contribution in [0.5, 0.6) is 5.75 Å². The van der Waals surface area contributed by atoms with Gasteiger partial charge in [0.05, 0.1) is 7.11 Å². The standard InChI is InChI=1S/C26H31N3O4S/c1-4-22-24(19-11-9-18(2)10-12-19)34(31,32)28-25(22)29-15-13-20(14-16-29)26(30)27-17-21-7-5-6-8-23(21)33-3/h5-12,20H,4,13-17H2,1-3H3,(H,27,30). The van der Waals surface area contributed by atoms with Crippen molar-refractivity contribution in [3.8, 4) is 5.75 Å². The highest BCUT2D eigenvalue weighted by Crippen LogP contribution is 2.36. The molecule has 0 radical (unpaired) electrons. The van der Waals surface area contributed by atoms with Gasteiger partial charge in [-0.15, -0.1) is 4.40 Å². The number of nitrogens with one attached hydrogen (secondary N) is 1. The number of para-hydroxylation sites is 1. The van der Waals surface area contributed by atoms with Crippen molar-refractivity contribution in [2.75, 3.05) is 20.2 Å². The van der Waals surface area contributed by atoms with Crippen LogP contribution in [0.1, 0.15) is 42.9 Å². The summed E-state index contributed by atoms with van der Waals surface area (Å²) in [6.07, 6.45) is 1.86. The number of rotatable bonds is 6. The Hall–Kier alpha value is -3.13. The molecule has 4 rings (SSSR count). The average molecular weight is 482 g/mol. The molecular weight excluding hydrogens is 450 g/mol. The Labute approximate surface area is 201 Å². The van der Waals surface area contributed by atoms with Crippen LogP contribution in [0.4, 0.5) is 0 Å². The van der Waals surface area contributed by atoms with Crippen LogP contribution in [0.15, 0.2) is 58.5 Å². The maximum absolute atomic E-state index is 13.0. The zero-order valence-corrected chi connectivity index (χ0v) is 20.7. The van der Waals surface area contributed by atoms with E-state index >= 15 is 0 Å². The first-order valence-electron chi connectivity index (χ1n) is 11.6. The molecule has 2 aliphatic heterocycles. The number of carbonyl (C=O) groups is 1. The molecule has 34 heavy (non-hydrogen) atoms. The lowest BCUT2D eigenvalue weighted by atomic mass is 9.94. The van der Waals surface area contributed by atoms with E-state index in [1.54, 1.807) is 7.11 Å².